The highest BCUT2D eigenvalue weighted by Gasteiger charge is 2.48. The Labute approximate surface area is 164 Å². The number of benzene rings is 2. The molecular formula is C22H17F3O4. The Morgan fingerprint density at radius 2 is 1.72 bits per heavy atom. The molecule has 0 amide bonds. The number of aliphatic hydroxyl groups excluding tert-OH is 1. The summed E-state index contributed by atoms with van der Waals surface area (Å²) < 4.78 is 49.6. The van der Waals surface area contributed by atoms with Crippen LogP contribution in [0.15, 0.2) is 65.9 Å². The van der Waals surface area contributed by atoms with Crippen LogP contribution in [0.1, 0.15) is 23.1 Å². The summed E-state index contributed by atoms with van der Waals surface area (Å²) in [5.74, 6) is -0.766. The first-order valence-electron chi connectivity index (χ1n) is 8.95. The van der Waals surface area contributed by atoms with Gasteiger partial charge in [-0.3, -0.25) is 0 Å². The summed E-state index contributed by atoms with van der Waals surface area (Å²) in [5.41, 5.74) is 1.31. The molecule has 0 unspecified atom stereocenters. The largest absolute Gasteiger partial charge is 0.508 e. The van der Waals surface area contributed by atoms with Crippen LogP contribution in [0.4, 0.5) is 13.2 Å². The number of ether oxygens (including phenoxy) is 2. The second-order valence-electron chi connectivity index (χ2n) is 6.89. The van der Waals surface area contributed by atoms with Crippen molar-refractivity contribution in [3.63, 3.8) is 0 Å². The van der Waals surface area contributed by atoms with Gasteiger partial charge in [0.15, 0.2) is 6.10 Å². The van der Waals surface area contributed by atoms with E-state index in [-0.39, 0.29) is 17.8 Å². The highest BCUT2D eigenvalue weighted by atomic mass is 19.4. The van der Waals surface area contributed by atoms with Gasteiger partial charge >= 0.3 is 12.1 Å². The van der Waals surface area contributed by atoms with Crippen LogP contribution in [0.5, 0.6) is 0 Å². The molecule has 2 atom stereocenters. The van der Waals surface area contributed by atoms with Crippen LogP contribution in [0.25, 0.3) is 11.3 Å². The molecule has 4 nitrogen and oxygen atoms in total. The fraction of sp³-hybridized carbons (Fsp3) is 0.227. The molecule has 1 N–H and O–H groups in total. The predicted molar refractivity (Wildman–Crippen MR) is 99.4 cm³/mol. The predicted octanol–water partition coefficient (Wildman–Crippen LogP) is 4.98. The van der Waals surface area contributed by atoms with Crippen molar-refractivity contribution in [1.29, 1.82) is 0 Å². The molecule has 1 heterocycles. The van der Waals surface area contributed by atoms with E-state index in [1.54, 1.807) is 0 Å². The molecular weight excluding hydrogens is 385 g/mol. The zero-order valence-electron chi connectivity index (χ0n) is 15.4. The molecule has 0 spiro atoms. The van der Waals surface area contributed by atoms with Gasteiger partial charge in [0.05, 0.1) is 18.2 Å². The molecule has 0 bridgehead atoms. The lowest BCUT2D eigenvalue weighted by Crippen LogP contribution is -2.15. The van der Waals surface area contributed by atoms with Crippen LogP contribution >= 0.6 is 0 Å². The Hall–Kier alpha value is -3.22. The molecule has 0 radical (unpaired) electrons. The molecule has 2 aliphatic rings. The molecule has 0 saturated carbocycles. The molecule has 0 fully saturated rings. The van der Waals surface area contributed by atoms with Crippen molar-refractivity contribution < 1.29 is 32.5 Å². The van der Waals surface area contributed by atoms with Gasteiger partial charge in [0.2, 0.25) is 0 Å². The van der Waals surface area contributed by atoms with Crippen molar-refractivity contribution in [2.45, 2.75) is 18.7 Å². The molecule has 1 aliphatic carbocycles. The maximum absolute atomic E-state index is 13.0. The van der Waals surface area contributed by atoms with Gasteiger partial charge in [0, 0.05) is 17.1 Å². The first kappa shape index (κ1) is 19.1. The quantitative estimate of drug-likeness (QED) is 0.736. The van der Waals surface area contributed by atoms with Crippen molar-refractivity contribution in [1.82, 2.24) is 0 Å². The Balaban J connectivity index is 1.79. The SMILES string of the molecule is COC(=O)C1=C(O)[C@@H]2OC(c3ccccc3)=C(c3ccc(C(F)(F)F)cc3)[C@@H]2C1. The van der Waals surface area contributed by atoms with Gasteiger partial charge in [0.1, 0.15) is 11.5 Å². The minimum absolute atomic E-state index is 0.124. The lowest BCUT2D eigenvalue weighted by molar-refractivity contribution is -0.138. The molecule has 0 saturated heterocycles. The van der Waals surface area contributed by atoms with E-state index in [0.717, 1.165) is 17.7 Å². The number of alkyl halides is 3. The van der Waals surface area contributed by atoms with Crippen LogP contribution < -0.4 is 0 Å². The van der Waals surface area contributed by atoms with Crippen LogP contribution in [0.2, 0.25) is 0 Å². The molecule has 7 heteroatoms. The van der Waals surface area contributed by atoms with Gasteiger partial charge in [0.25, 0.3) is 0 Å². The number of halogens is 3. The maximum atomic E-state index is 13.0. The van der Waals surface area contributed by atoms with Gasteiger partial charge < -0.3 is 14.6 Å². The molecule has 4 rings (SSSR count). The fourth-order valence-electron chi connectivity index (χ4n) is 3.85. The van der Waals surface area contributed by atoms with Crippen LogP contribution in [-0.2, 0) is 20.4 Å². The van der Waals surface area contributed by atoms with Gasteiger partial charge in [-0.25, -0.2) is 4.79 Å². The zero-order chi connectivity index (χ0) is 20.8. The van der Waals surface area contributed by atoms with Gasteiger partial charge in [-0.15, -0.1) is 0 Å². The first-order valence-corrected chi connectivity index (χ1v) is 8.95. The van der Waals surface area contributed by atoms with Crippen molar-refractivity contribution in [3.8, 4) is 0 Å². The number of rotatable bonds is 3. The normalized spacial score (nSPS) is 21.2. The number of fused-ring (bicyclic) bond motifs is 1. The number of carbonyl (C=O) groups is 1. The van der Waals surface area contributed by atoms with E-state index >= 15 is 0 Å². The topological polar surface area (TPSA) is 55.8 Å². The van der Waals surface area contributed by atoms with Gasteiger partial charge in [-0.2, -0.15) is 13.2 Å². The zero-order valence-corrected chi connectivity index (χ0v) is 15.4. The summed E-state index contributed by atoms with van der Waals surface area (Å²) >= 11 is 0. The number of methoxy groups -OCH3 is 1. The lowest BCUT2D eigenvalue weighted by Gasteiger charge is -2.14. The molecule has 150 valence electrons. The number of aliphatic hydroxyl groups is 1. The van der Waals surface area contributed by atoms with E-state index in [4.69, 9.17) is 9.47 Å². The smallest absolute Gasteiger partial charge is 0.416 e. The Morgan fingerprint density at radius 1 is 1.07 bits per heavy atom. The van der Waals surface area contributed by atoms with Crippen molar-refractivity contribution >= 4 is 17.3 Å². The Kier molecular flexibility index (Phi) is 4.61. The van der Waals surface area contributed by atoms with Crippen molar-refractivity contribution in [3.05, 3.63) is 82.6 Å². The van der Waals surface area contributed by atoms with Crippen LogP contribution in [-0.4, -0.2) is 24.3 Å². The summed E-state index contributed by atoms with van der Waals surface area (Å²) in [6.07, 6.45) is -5.04. The van der Waals surface area contributed by atoms with E-state index in [1.807, 2.05) is 30.3 Å². The molecule has 0 aromatic heterocycles. The van der Waals surface area contributed by atoms with Crippen molar-refractivity contribution in [2.75, 3.05) is 7.11 Å². The summed E-state index contributed by atoms with van der Waals surface area (Å²) in [6, 6.07) is 13.9. The maximum Gasteiger partial charge on any atom is 0.416 e. The van der Waals surface area contributed by atoms with Crippen molar-refractivity contribution in [2.24, 2.45) is 5.92 Å². The standard InChI is InChI=1S/C22H17F3O4/c1-28-21(27)16-11-15-17(12-7-9-14(10-8-12)22(23,24)25)19(29-20(15)18(16)26)13-5-3-2-4-6-13/h2-10,15,20,26H,11H2,1H3/t15-,20+/m0/s1. The third kappa shape index (κ3) is 3.26. The van der Waals surface area contributed by atoms with E-state index < -0.39 is 29.7 Å². The minimum atomic E-state index is -4.44. The number of carbonyl (C=O) groups excluding carboxylic acids is 1. The number of hydrogen-bond acceptors (Lipinski definition) is 4. The van der Waals surface area contributed by atoms with E-state index in [0.29, 0.717) is 16.9 Å². The highest BCUT2D eigenvalue weighted by Crippen LogP contribution is 2.51. The average Bonchev–Trinajstić information content (AvgIpc) is 3.24. The first-order chi connectivity index (χ1) is 13.8. The second-order valence-corrected chi connectivity index (χ2v) is 6.89. The number of hydrogen-bond donors (Lipinski definition) is 1. The second kappa shape index (κ2) is 6.99. The van der Waals surface area contributed by atoms with Crippen LogP contribution in [0, 0.1) is 5.92 Å². The molecule has 2 aromatic carbocycles. The highest BCUT2D eigenvalue weighted by molar-refractivity contribution is 5.96. The summed E-state index contributed by atoms with van der Waals surface area (Å²) in [4.78, 5) is 12.0. The average molecular weight is 402 g/mol. The minimum Gasteiger partial charge on any atom is -0.508 e. The molecule has 2 aromatic rings. The third-order valence-corrected chi connectivity index (χ3v) is 5.22. The fourth-order valence-corrected chi connectivity index (χ4v) is 3.85. The lowest BCUT2D eigenvalue weighted by atomic mass is 9.87. The van der Waals surface area contributed by atoms with Gasteiger partial charge in [-0.05, 0) is 24.1 Å². The third-order valence-electron chi connectivity index (χ3n) is 5.22. The summed E-state index contributed by atoms with van der Waals surface area (Å²) in [5, 5.41) is 10.5. The van der Waals surface area contributed by atoms with Crippen LogP contribution in [0.3, 0.4) is 0 Å². The van der Waals surface area contributed by atoms with E-state index in [1.165, 1.54) is 19.2 Å². The monoisotopic (exact) mass is 402 g/mol. The Bertz CT molecular complexity index is 1000. The van der Waals surface area contributed by atoms with Gasteiger partial charge in [-0.1, -0.05) is 42.5 Å². The Morgan fingerprint density at radius 3 is 2.31 bits per heavy atom. The summed E-state index contributed by atoms with van der Waals surface area (Å²) in [7, 11) is 1.22. The van der Waals surface area contributed by atoms with E-state index in [2.05, 4.69) is 0 Å². The van der Waals surface area contributed by atoms with E-state index in [9.17, 15) is 23.1 Å². The molecule has 29 heavy (non-hydrogen) atoms. The summed E-state index contributed by atoms with van der Waals surface area (Å²) in [6.45, 7) is 0. The number of esters is 1. The molecule has 1 aliphatic heterocycles.